The van der Waals surface area contributed by atoms with E-state index in [4.69, 9.17) is 18.3 Å². The van der Waals surface area contributed by atoms with Gasteiger partial charge in [-0.2, -0.15) is 13.2 Å². The van der Waals surface area contributed by atoms with Gasteiger partial charge in [0.05, 0.1) is 0 Å². The molecule has 2 aromatic carbocycles. The van der Waals surface area contributed by atoms with Crippen molar-refractivity contribution in [3.63, 3.8) is 0 Å². The van der Waals surface area contributed by atoms with Crippen LogP contribution in [0.3, 0.4) is 0 Å². The summed E-state index contributed by atoms with van der Waals surface area (Å²) >= 11 is 0. The van der Waals surface area contributed by atoms with Gasteiger partial charge in [0.15, 0.2) is 10.1 Å². The molecule has 218 valence electrons. The Morgan fingerprint density at radius 1 is 0.711 bits per heavy atom. The Morgan fingerprint density at radius 2 is 0.974 bits per heavy atom. The van der Waals surface area contributed by atoms with Crippen LogP contribution >= 0.6 is 15.8 Å². The van der Waals surface area contributed by atoms with Crippen molar-refractivity contribution in [2.45, 2.75) is 97.4 Å². The molecular formula is C27H40F3NNiO3P2S. The van der Waals surface area contributed by atoms with Crippen molar-refractivity contribution in [1.29, 1.82) is 0 Å². The second-order valence-corrected chi connectivity index (χ2v) is 18.3. The Bertz CT molecular complexity index is 1060. The molecule has 2 aromatic rings. The number of hydrogen-bond acceptors (Lipinski definition) is 3. The van der Waals surface area contributed by atoms with Gasteiger partial charge in [-0.25, -0.2) is 8.42 Å². The first-order chi connectivity index (χ1) is 16.8. The number of hydrogen-bond donors (Lipinski definition) is 0. The van der Waals surface area contributed by atoms with Crippen LogP contribution in [0.4, 0.5) is 24.5 Å². The second kappa shape index (κ2) is 15.3. The fraction of sp³-hybridized carbons (Fsp3) is 0.556. The van der Waals surface area contributed by atoms with Crippen LogP contribution in [-0.4, -0.2) is 41.1 Å². The maximum Gasteiger partial charge on any atom is 2.00 e. The van der Waals surface area contributed by atoms with Crippen LogP contribution in [0.1, 0.15) is 66.5 Å². The zero-order chi connectivity index (χ0) is 28.9. The van der Waals surface area contributed by atoms with E-state index in [-0.39, 0.29) is 32.3 Å². The normalized spacial score (nSPS) is 12.3. The Morgan fingerprint density at radius 3 is 1.18 bits per heavy atom. The molecule has 0 unspecified atom stereocenters. The third-order valence-electron chi connectivity index (χ3n) is 5.57. The minimum absolute atomic E-state index is 0. The second-order valence-electron chi connectivity index (χ2n) is 10.2. The van der Waals surface area contributed by atoms with Crippen molar-refractivity contribution < 1.29 is 42.6 Å². The summed E-state index contributed by atoms with van der Waals surface area (Å²) in [7, 11) is -6.59. The van der Waals surface area contributed by atoms with Crippen LogP contribution in [0, 0.1) is 13.8 Å². The van der Waals surface area contributed by atoms with Gasteiger partial charge in [0.1, 0.15) is 0 Å². The summed E-state index contributed by atoms with van der Waals surface area (Å²) in [5, 5.41) is 8.26. The zero-order valence-corrected chi connectivity index (χ0v) is 27.3. The largest absolute Gasteiger partial charge is 2.00 e. The van der Waals surface area contributed by atoms with E-state index in [1.165, 1.54) is 33.1 Å². The van der Waals surface area contributed by atoms with Crippen LogP contribution < -0.4 is 10.6 Å². The van der Waals surface area contributed by atoms with E-state index in [0.29, 0.717) is 22.6 Å². The smallest absolute Gasteiger partial charge is 0.741 e. The van der Waals surface area contributed by atoms with Crippen LogP contribution in [0.15, 0.2) is 36.4 Å². The molecule has 0 fully saturated rings. The number of alkyl halides is 3. The third kappa shape index (κ3) is 10.7. The van der Waals surface area contributed by atoms with Crippen molar-refractivity contribution in [1.82, 2.24) is 0 Å². The molecule has 38 heavy (non-hydrogen) atoms. The third-order valence-corrected chi connectivity index (χ3v) is 12.4. The number of rotatable bonds is 8. The Kier molecular flexibility index (Phi) is 15.1. The van der Waals surface area contributed by atoms with Crippen LogP contribution in [-0.2, 0) is 26.6 Å². The van der Waals surface area contributed by atoms with Crippen LogP contribution in [0.5, 0.6) is 0 Å². The van der Waals surface area contributed by atoms with E-state index in [0.717, 1.165) is 0 Å². The molecule has 0 saturated heterocycles. The SMILES string of the molecule is Cc1ccc([N-]c2ccc(C)cc2P(C(C)C)C(C)C)c(P(C(C)C)C(C)C)c1.O=S(=O)([O-])C(F)(F)F.[Ni+2]. The first kappa shape index (κ1) is 37.3. The Labute approximate surface area is 240 Å². The van der Waals surface area contributed by atoms with Gasteiger partial charge < -0.3 is 9.87 Å². The topological polar surface area (TPSA) is 71.3 Å². The predicted octanol–water partition coefficient (Wildman–Crippen LogP) is 8.54. The number of halogens is 3. The van der Waals surface area contributed by atoms with Crippen molar-refractivity contribution in [2.24, 2.45) is 0 Å². The van der Waals surface area contributed by atoms with E-state index >= 15 is 0 Å². The molecule has 0 radical (unpaired) electrons. The summed E-state index contributed by atoms with van der Waals surface area (Å²) in [4.78, 5) is 0. The number of aryl methyl sites for hydroxylation is 2. The van der Waals surface area contributed by atoms with Gasteiger partial charge >= 0.3 is 22.0 Å². The quantitative estimate of drug-likeness (QED) is 0.126. The molecule has 4 nitrogen and oxygen atoms in total. The maximum atomic E-state index is 10.7. The van der Waals surface area contributed by atoms with Gasteiger partial charge in [-0.3, -0.25) is 0 Å². The van der Waals surface area contributed by atoms with Crippen LogP contribution in [0.2, 0.25) is 0 Å². The van der Waals surface area contributed by atoms with Gasteiger partial charge in [0.25, 0.3) is 0 Å². The van der Waals surface area contributed by atoms with Gasteiger partial charge in [-0.05, 0) is 47.1 Å². The molecule has 0 aliphatic heterocycles. The number of benzene rings is 2. The van der Waals surface area contributed by atoms with Crippen LogP contribution in [0.25, 0.3) is 5.32 Å². The van der Waals surface area contributed by atoms with Gasteiger partial charge in [0, 0.05) is 0 Å². The van der Waals surface area contributed by atoms with E-state index in [1.807, 2.05) is 0 Å². The number of nitrogens with zero attached hydrogens (tertiary/aromatic N) is 1. The average molecular weight is 636 g/mol. The Hall–Kier alpha value is -0.706. The van der Waals surface area contributed by atoms with Gasteiger partial charge in [0.2, 0.25) is 0 Å². The summed E-state index contributed by atoms with van der Waals surface area (Å²) in [5.74, 6) is 0. The summed E-state index contributed by atoms with van der Waals surface area (Å²) in [5.41, 5.74) is 2.00. The molecule has 2 rings (SSSR count). The molecule has 0 bridgehead atoms. The summed E-state index contributed by atoms with van der Waals surface area (Å²) in [6, 6.07) is 13.7. The first-order valence-electron chi connectivity index (χ1n) is 12.3. The molecule has 0 atom stereocenters. The molecule has 0 aliphatic carbocycles. The molecule has 11 heteroatoms. The van der Waals surface area contributed by atoms with Crippen molar-refractivity contribution >= 4 is 47.9 Å². The van der Waals surface area contributed by atoms with Crippen molar-refractivity contribution in [2.75, 3.05) is 0 Å². The van der Waals surface area contributed by atoms with Gasteiger partial charge in [-0.15, -0.1) is 11.4 Å². The Balaban J connectivity index is 0.00000132. The molecule has 0 saturated carbocycles. The summed E-state index contributed by atoms with van der Waals surface area (Å²) < 4.78 is 58.9. The molecule has 0 spiro atoms. The minimum atomic E-state index is -6.09. The summed E-state index contributed by atoms with van der Waals surface area (Å²) in [6.45, 7) is 23.3. The monoisotopic (exact) mass is 635 g/mol. The first-order valence-corrected chi connectivity index (χ1v) is 16.7. The molecule has 0 aromatic heterocycles. The van der Waals surface area contributed by atoms with Gasteiger partial charge in [-0.1, -0.05) is 119 Å². The standard InChI is InChI=1S/C26H40NP2.CHF3O3S.Ni/c1-17(2)28(18(3)4)25-15-21(9)11-13-23(25)27-24-14-12-22(10)16-26(24)29(19(5)6)20(7)8;2-1(3,4)8(5,6)7;/h11-20H,1-10H3;(H,5,6,7);/q-1;;+2/p-1. The van der Waals surface area contributed by atoms with Crippen molar-refractivity contribution in [3.8, 4) is 0 Å². The fourth-order valence-electron chi connectivity index (χ4n) is 4.30. The average Bonchev–Trinajstić information content (AvgIpc) is 2.69. The molecule has 0 amide bonds. The van der Waals surface area contributed by atoms with E-state index in [2.05, 4.69) is 106 Å². The maximum absolute atomic E-state index is 10.7. The molecule has 0 N–H and O–H groups in total. The van der Waals surface area contributed by atoms with Crippen molar-refractivity contribution in [3.05, 3.63) is 52.8 Å². The van der Waals surface area contributed by atoms with E-state index in [1.54, 1.807) is 0 Å². The summed E-state index contributed by atoms with van der Waals surface area (Å²) in [6.07, 6.45) is 0. The molecule has 0 aliphatic rings. The van der Waals surface area contributed by atoms with E-state index in [9.17, 15) is 13.2 Å². The molecule has 0 heterocycles. The zero-order valence-electron chi connectivity index (χ0n) is 23.7. The predicted molar refractivity (Wildman–Crippen MR) is 154 cm³/mol. The fourth-order valence-corrected chi connectivity index (χ4v) is 10.4. The molecular weight excluding hydrogens is 596 g/mol. The minimum Gasteiger partial charge on any atom is -0.741 e. The van der Waals surface area contributed by atoms with E-state index < -0.39 is 15.6 Å².